The minimum Gasteiger partial charge on any atom is -0.396 e. The minimum atomic E-state index is 0.0929. The van der Waals surface area contributed by atoms with Crippen LogP contribution < -0.4 is 11.1 Å². The number of rotatable bonds is 7. The van der Waals surface area contributed by atoms with Crippen molar-refractivity contribution in [2.45, 2.75) is 25.7 Å². The molecule has 4 N–H and O–H groups in total. The zero-order valence-electron chi connectivity index (χ0n) is 8.99. The normalized spacial score (nSPS) is 10.4. The van der Waals surface area contributed by atoms with E-state index in [1.165, 1.54) is 0 Å². The number of halogens is 1. The SMILES string of the molecule is Nc1nc(Cl)nc(NCCCCCCO)n1. The van der Waals surface area contributed by atoms with Crippen molar-refractivity contribution in [3.8, 4) is 0 Å². The summed E-state index contributed by atoms with van der Waals surface area (Å²) in [4.78, 5) is 11.4. The number of unbranched alkanes of at least 4 members (excludes halogenated alkanes) is 3. The van der Waals surface area contributed by atoms with Crippen LogP contribution in [0.4, 0.5) is 11.9 Å². The molecule has 1 rings (SSSR count). The fourth-order valence-electron chi connectivity index (χ4n) is 1.24. The minimum absolute atomic E-state index is 0.0929. The number of aliphatic hydroxyl groups is 1. The van der Waals surface area contributed by atoms with E-state index in [0.29, 0.717) is 5.95 Å². The third kappa shape index (κ3) is 5.09. The Labute approximate surface area is 99.3 Å². The van der Waals surface area contributed by atoms with Crippen molar-refractivity contribution in [3.63, 3.8) is 0 Å². The molecule has 6 nitrogen and oxygen atoms in total. The lowest BCUT2D eigenvalue weighted by molar-refractivity contribution is 0.283. The zero-order valence-corrected chi connectivity index (χ0v) is 9.74. The van der Waals surface area contributed by atoms with Crippen LogP contribution in [0.25, 0.3) is 0 Å². The Balaban J connectivity index is 2.21. The number of nitrogens with zero attached hydrogens (tertiary/aromatic N) is 3. The lowest BCUT2D eigenvalue weighted by Crippen LogP contribution is -2.08. The molecule has 1 heterocycles. The lowest BCUT2D eigenvalue weighted by atomic mass is 10.2. The van der Waals surface area contributed by atoms with Gasteiger partial charge in [-0.2, -0.15) is 15.0 Å². The Morgan fingerprint density at radius 1 is 1.12 bits per heavy atom. The van der Waals surface area contributed by atoms with E-state index in [1.807, 2.05) is 0 Å². The maximum absolute atomic E-state index is 8.59. The highest BCUT2D eigenvalue weighted by molar-refractivity contribution is 6.28. The molecule has 0 spiro atoms. The molecule has 90 valence electrons. The van der Waals surface area contributed by atoms with Gasteiger partial charge in [0.1, 0.15) is 0 Å². The Kier molecular flexibility index (Phi) is 5.81. The lowest BCUT2D eigenvalue weighted by Gasteiger charge is -2.04. The summed E-state index contributed by atoms with van der Waals surface area (Å²) in [6.07, 6.45) is 3.92. The first kappa shape index (κ1) is 12.9. The average Bonchev–Trinajstić information content (AvgIpc) is 2.22. The molecule has 0 saturated carbocycles. The molecule has 7 heteroatoms. The summed E-state index contributed by atoms with van der Waals surface area (Å²) in [7, 11) is 0. The van der Waals surface area contributed by atoms with Crippen molar-refractivity contribution in [1.82, 2.24) is 15.0 Å². The van der Waals surface area contributed by atoms with Crippen molar-refractivity contribution in [3.05, 3.63) is 5.28 Å². The van der Waals surface area contributed by atoms with E-state index < -0.39 is 0 Å². The molecule has 0 aromatic carbocycles. The zero-order chi connectivity index (χ0) is 11.8. The highest BCUT2D eigenvalue weighted by atomic mass is 35.5. The summed E-state index contributed by atoms with van der Waals surface area (Å²) in [5.41, 5.74) is 5.41. The summed E-state index contributed by atoms with van der Waals surface area (Å²) in [6, 6.07) is 0. The van der Waals surface area contributed by atoms with Crippen LogP contribution in [0.2, 0.25) is 5.28 Å². The van der Waals surface area contributed by atoms with Gasteiger partial charge in [-0.3, -0.25) is 0 Å². The molecule has 0 atom stereocenters. The van der Waals surface area contributed by atoms with Crippen LogP contribution in [0.1, 0.15) is 25.7 Å². The maximum Gasteiger partial charge on any atom is 0.228 e. The van der Waals surface area contributed by atoms with Gasteiger partial charge in [0, 0.05) is 13.2 Å². The van der Waals surface area contributed by atoms with Crippen molar-refractivity contribution < 1.29 is 5.11 Å². The summed E-state index contributed by atoms with van der Waals surface area (Å²) in [5.74, 6) is 0.516. The molecular formula is C9H16ClN5O. The van der Waals surface area contributed by atoms with Gasteiger partial charge in [-0.05, 0) is 24.4 Å². The van der Waals surface area contributed by atoms with Crippen molar-refractivity contribution in [1.29, 1.82) is 0 Å². The number of nitrogen functional groups attached to an aromatic ring is 1. The summed E-state index contributed by atoms with van der Waals surface area (Å²) in [6.45, 7) is 1.01. The number of nitrogens with one attached hydrogen (secondary N) is 1. The number of anilines is 2. The van der Waals surface area contributed by atoms with Gasteiger partial charge in [0.05, 0.1) is 0 Å². The number of hydrogen-bond acceptors (Lipinski definition) is 6. The van der Waals surface area contributed by atoms with Crippen molar-refractivity contribution in [2.75, 3.05) is 24.2 Å². The highest BCUT2D eigenvalue weighted by Crippen LogP contribution is 2.07. The molecule has 0 aliphatic carbocycles. The van der Waals surface area contributed by atoms with Gasteiger partial charge in [-0.25, -0.2) is 0 Å². The summed E-state index contributed by atoms with van der Waals surface area (Å²) < 4.78 is 0. The Bertz CT molecular complexity index is 303. The number of aliphatic hydroxyl groups excluding tert-OH is 1. The fourth-order valence-corrected chi connectivity index (χ4v) is 1.40. The molecular weight excluding hydrogens is 230 g/mol. The van der Waals surface area contributed by atoms with Gasteiger partial charge >= 0.3 is 0 Å². The maximum atomic E-state index is 8.59. The average molecular weight is 246 g/mol. The molecule has 0 radical (unpaired) electrons. The first-order valence-electron chi connectivity index (χ1n) is 5.24. The summed E-state index contributed by atoms with van der Waals surface area (Å²) in [5, 5.41) is 11.7. The molecule has 0 fully saturated rings. The highest BCUT2D eigenvalue weighted by Gasteiger charge is 2.00. The van der Waals surface area contributed by atoms with Gasteiger partial charge < -0.3 is 16.2 Å². The number of nitrogens with two attached hydrogens (primary N) is 1. The largest absolute Gasteiger partial charge is 0.396 e. The van der Waals surface area contributed by atoms with Gasteiger partial charge in [-0.1, -0.05) is 12.8 Å². The second kappa shape index (κ2) is 7.19. The van der Waals surface area contributed by atoms with Gasteiger partial charge in [0.15, 0.2) is 0 Å². The van der Waals surface area contributed by atoms with E-state index in [1.54, 1.807) is 0 Å². The third-order valence-electron chi connectivity index (χ3n) is 1.99. The van der Waals surface area contributed by atoms with Gasteiger partial charge in [0.25, 0.3) is 0 Å². The first-order valence-corrected chi connectivity index (χ1v) is 5.62. The molecule has 0 aliphatic heterocycles. The van der Waals surface area contributed by atoms with Gasteiger partial charge in [-0.15, -0.1) is 0 Å². The monoisotopic (exact) mass is 245 g/mol. The third-order valence-corrected chi connectivity index (χ3v) is 2.16. The predicted octanol–water partition coefficient (Wildman–Crippen LogP) is 1.07. The quantitative estimate of drug-likeness (QED) is 0.622. The topological polar surface area (TPSA) is 97.0 Å². The standard InChI is InChI=1S/C9H16ClN5O/c10-7-13-8(11)15-9(14-7)12-5-3-1-2-4-6-16/h16H,1-6H2,(H3,11,12,13,14,15). The van der Waals surface area contributed by atoms with Gasteiger partial charge in [0.2, 0.25) is 17.2 Å². The molecule has 0 unspecified atom stereocenters. The van der Waals surface area contributed by atoms with Crippen LogP contribution in [0.5, 0.6) is 0 Å². The van der Waals surface area contributed by atoms with Crippen LogP contribution >= 0.6 is 11.6 Å². The Hall–Kier alpha value is -1.14. The fraction of sp³-hybridized carbons (Fsp3) is 0.667. The molecule has 16 heavy (non-hydrogen) atoms. The second-order valence-corrected chi connectivity index (χ2v) is 3.69. The van der Waals surface area contributed by atoms with E-state index in [2.05, 4.69) is 20.3 Å². The Morgan fingerprint density at radius 3 is 2.56 bits per heavy atom. The molecule has 0 aliphatic rings. The number of aromatic nitrogens is 3. The van der Waals surface area contributed by atoms with E-state index in [4.69, 9.17) is 22.4 Å². The van der Waals surface area contributed by atoms with Crippen LogP contribution in [0, 0.1) is 0 Å². The second-order valence-electron chi connectivity index (χ2n) is 3.35. The number of hydrogen-bond donors (Lipinski definition) is 3. The van der Waals surface area contributed by atoms with E-state index in [-0.39, 0.29) is 17.8 Å². The van der Waals surface area contributed by atoms with E-state index in [0.717, 1.165) is 32.2 Å². The molecule has 0 bridgehead atoms. The van der Waals surface area contributed by atoms with Crippen LogP contribution in [-0.4, -0.2) is 33.2 Å². The van der Waals surface area contributed by atoms with Crippen LogP contribution in [-0.2, 0) is 0 Å². The van der Waals surface area contributed by atoms with E-state index in [9.17, 15) is 0 Å². The molecule has 1 aromatic rings. The first-order chi connectivity index (χ1) is 7.72. The predicted molar refractivity (Wildman–Crippen MR) is 63.3 cm³/mol. The van der Waals surface area contributed by atoms with Crippen molar-refractivity contribution in [2.24, 2.45) is 0 Å². The van der Waals surface area contributed by atoms with E-state index >= 15 is 0 Å². The smallest absolute Gasteiger partial charge is 0.228 e. The van der Waals surface area contributed by atoms with Crippen LogP contribution in [0.3, 0.4) is 0 Å². The molecule has 1 aromatic heterocycles. The molecule has 0 amide bonds. The van der Waals surface area contributed by atoms with Crippen LogP contribution in [0.15, 0.2) is 0 Å². The van der Waals surface area contributed by atoms with Crippen molar-refractivity contribution >= 4 is 23.5 Å². The summed E-state index contributed by atoms with van der Waals surface area (Å²) >= 11 is 5.62. The Morgan fingerprint density at radius 2 is 1.88 bits per heavy atom. The molecule has 0 saturated heterocycles.